The van der Waals surface area contributed by atoms with E-state index in [4.69, 9.17) is 0 Å². The van der Waals surface area contributed by atoms with Gasteiger partial charge in [-0.15, -0.1) is 0 Å². The van der Waals surface area contributed by atoms with E-state index in [0.29, 0.717) is 22.5 Å². The van der Waals surface area contributed by atoms with Crippen molar-refractivity contribution in [3.8, 4) is 0 Å². The fraction of sp³-hybridized carbons (Fsp3) is 0.227. The number of nitrogens with zero attached hydrogens (tertiary/aromatic N) is 5. The third-order valence-corrected chi connectivity index (χ3v) is 5.36. The fourth-order valence-corrected chi connectivity index (χ4v) is 3.87. The first kappa shape index (κ1) is 19.5. The normalized spacial score (nSPS) is 18.2. The fourth-order valence-electron chi connectivity index (χ4n) is 3.87. The average molecular weight is 403 g/mol. The Morgan fingerprint density at radius 3 is 2.37 bits per heavy atom. The van der Waals surface area contributed by atoms with Crippen LogP contribution < -0.4 is 0 Å². The average Bonchev–Trinajstić information content (AvgIpc) is 3.15. The Bertz CT molecular complexity index is 1150. The van der Waals surface area contributed by atoms with E-state index in [1.165, 1.54) is 4.90 Å². The van der Waals surface area contributed by atoms with Gasteiger partial charge in [-0.1, -0.05) is 12.1 Å². The summed E-state index contributed by atoms with van der Waals surface area (Å²) in [6.07, 6.45) is 6.51. The quantitative estimate of drug-likeness (QED) is 0.408. The summed E-state index contributed by atoms with van der Waals surface area (Å²) < 4.78 is 1.63. The molecule has 30 heavy (non-hydrogen) atoms. The lowest BCUT2D eigenvalue weighted by molar-refractivity contribution is -0.140. The highest BCUT2D eigenvalue weighted by atomic mass is 16.3. The van der Waals surface area contributed by atoms with Crippen LogP contribution in [0.4, 0.5) is 0 Å². The Labute approximate surface area is 173 Å². The van der Waals surface area contributed by atoms with Crippen molar-refractivity contribution in [2.45, 2.75) is 26.4 Å². The minimum atomic E-state index is -0.766. The number of aliphatic hydroxyl groups is 1. The van der Waals surface area contributed by atoms with Crippen LogP contribution in [0, 0.1) is 13.8 Å². The SMILES string of the molecule is Cc1nn(C)c(C)c1/C(O)=C1\C(=O)C(=O)N(Cc2cccnc2)C1c1cccnc1. The minimum Gasteiger partial charge on any atom is -0.507 e. The summed E-state index contributed by atoms with van der Waals surface area (Å²) in [4.78, 5) is 35.7. The summed E-state index contributed by atoms with van der Waals surface area (Å²) in [5, 5.41) is 15.5. The van der Waals surface area contributed by atoms with Crippen LogP contribution in [0.3, 0.4) is 0 Å². The van der Waals surface area contributed by atoms with Crippen LogP contribution >= 0.6 is 0 Å². The second-order valence-electron chi connectivity index (χ2n) is 7.24. The van der Waals surface area contributed by atoms with Crippen molar-refractivity contribution in [2.24, 2.45) is 7.05 Å². The highest BCUT2D eigenvalue weighted by Gasteiger charge is 2.46. The number of ketones is 1. The number of aliphatic hydroxyl groups excluding tert-OH is 1. The first-order valence-electron chi connectivity index (χ1n) is 9.48. The second-order valence-corrected chi connectivity index (χ2v) is 7.24. The van der Waals surface area contributed by atoms with Crippen LogP contribution in [0.15, 0.2) is 54.6 Å². The van der Waals surface area contributed by atoms with Gasteiger partial charge in [-0.3, -0.25) is 24.2 Å². The standard InChI is InChI=1S/C22H21N5O3/c1-13-17(14(2)26(3)25-13)20(28)18-19(16-7-5-9-24-11-16)27(22(30)21(18)29)12-15-6-4-8-23-10-15/h4-11,19,28H,12H2,1-3H3/b20-18+. The van der Waals surface area contributed by atoms with E-state index in [0.717, 1.165) is 5.56 Å². The Morgan fingerprint density at radius 1 is 1.10 bits per heavy atom. The minimum absolute atomic E-state index is 0.0380. The van der Waals surface area contributed by atoms with Crippen LogP contribution in [-0.2, 0) is 23.2 Å². The smallest absolute Gasteiger partial charge is 0.295 e. The lowest BCUT2D eigenvalue weighted by Crippen LogP contribution is -2.29. The van der Waals surface area contributed by atoms with Crippen LogP contribution in [0.25, 0.3) is 5.76 Å². The molecule has 0 aliphatic carbocycles. The number of aryl methyl sites for hydroxylation is 2. The molecule has 1 aliphatic heterocycles. The van der Waals surface area contributed by atoms with E-state index in [1.54, 1.807) is 68.6 Å². The molecule has 0 aromatic carbocycles. The molecule has 0 radical (unpaired) electrons. The van der Waals surface area contributed by atoms with Gasteiger partial charge in [-0.25, -0.2) is 0 Å². The lowest BCUT2D eigenvalue weighted by Gasteiger charge is -2.25. The van der Waals surface area contributed by atoms with E-state index in [9.17, 15) is 14.7 Å². The molecular formula is C22H21N5O3. The van der Waals surface area contributed by atoms with Gasteiger partial charge >= 0.3 is 0 Å². The molecule has 1 N–H and O–H groups in total. The zero-order valence-electron chi connectivity index (χ0n) is 16.9. The molecule has 4 rings (SSSR count). The van der Waals surface area contributed by atoms with Crippen molar-refractivity contribution in [2.75, 3.05) is 0 Å². The third-order valence-electron chi connectivity index (χ3n) is 5.36. The van der Waals surface area contributed by atoms with Crippen molar-refractivity contribution in [3.05, 3.63) is 82.7 Å². The zero-order valence-corrected chi connectivity index (χ0v) is 16.9. The number of carbonyl (C=O) groups excluding carboxylic acids is 2. The molecule has 3 aromatic rings. The van der Waals surface area contributed by atoms with Crippen LogP contribution in [-0.4, -0.2) is 41.4 Å². The maximum Gasteiger partial charge on any atom is 0.295 e. The van der Waals surface area contributed by atoms with Gasteiger partial charge in [-0.2, -0.15) is 5.10 Å². The number of hydrogen-bond acceptors (Lipinski definition) is 6. The third kappa shape index (κ3) is 3.16. The molecule has 0 spiro atoms. The number of rotatable bonds is 4. The van der Waals surface area contributed by atoms with Crippen molar-refractivity contribution in [3.63, 3.8) is 0 Å². The lowest BCUT2D eigenvalue weighted by atomic mass is 9.95. The number of Topliss-reactive ketones (excluding diaryl/α,β-unsaturated/α-hetero) is 1. The monoisotopic (exact) mass is 403 g/mol. The van der Waals surface area contributed by atoms with Gasteiger partial charge in [0, 0.05) is 44.1 Å². The number of pyridine rings is 2. The first-order chi connectivity index (χ1) is 14.4. The molecule has 4 heterocycles. The summed E-state index contributed by atoms with van der Waals surface area (Å²) in [6.45, 7) is 3.74. The van der Waals surface area contributed by atoms with Crippen LogP contribution in [0.2, 0.25) is 0 Å². The van der Waals surface area contributed by atoms with E-state index in [1.807, 2.05) is 6.07 Å². The molecule has 0 bridgehead atoms. The van der Waals surface area contributed by atoms with Gasteiger partial charge in [-0.05, 0) is 37.1 Å². The molecule has 0 saturated carbocycles. The summed E-state index contributed by atoms with van der Waals surface area (Å²) in [5.74, 6) is -1.62. The Morgan fingerprint density at radius 2 is 1.80 bits per heavy atom. The van der Waals surface area contributed by atoms with Gasteiger partial charge in [0.1, 0.15) is 5.76 Å². The molecule has 1 aliphatic rings. The van der Waals surface area contributed by atoms with Gasteiger partial charge in [0.2, 0.25) is 0 Å². The molecule has 8 nitrogen and oxygen atoms in total. The Hall–Kier alpha value is -3.81. The zero-order chi connectivity index (χ0) is 21.4. The first-order valence-corrected chi connectivity index (χ1v) is 9.48. The molecule has 152 valence electrons. The summed E-state index contributed by atoms with van der Waals surface area (Å²) in [6, 6.07) is 6.36. The van der Waals surface area contributed by atoms with E-state index >= 15 is 0 Å². The molecule has 1 unspecified atom stereocenters. The molecule has 8 heteroatoms. The van der Waals surface area contributed by atoms with Gasteiger partial charge < -0.3 is 10.0 Å². The highest BCUT2D eigenvalue weighted by Crippen LogP contribution is 2.40. The predicted molar refractivity (Wildman–Crippen MR) is 109 cm³/mol. The topological polar surface area (TPSA) is 101 Å². The van der Waals surface area contributed by atoms with Crippen molar-refractivity contribution >= 4 is 17.4 Å². The number of carbonyl (C=O) groups is 2. The van der Waals surface area contributed by atoms with Gasteiger partial charge in [0.15, 0.2) is 0 Å². The molecule has 3 aromatic heterocycles. The molecular weight excluding hydrogens is 382 g/mol. The number of likely N-dealkylation sites (tertiary alicyclic amines) is 1. The second kappa shape index (κ2) is 7.55. The maximum absolute atomic E-state index is 13.1. The van der Waals surface area contributed by atoms with Crippen LogP contribution in [0.5, 0.6) is 0 Å². The molecule has 1 fully saturated rings. The molecule has 1 amide bonds. The molecule has 1 atom stereocenters. The molecule has 1 saturated heterocycles. The van der Waals surface area contributed by atoms with Crippen LogP contribution in [0.1, 0.15) is 34.1 Å². The number of aromatic nitrogens is 4. The van der Waals surface area contributed by atoms with Crippen molar-refractivity contribution < 1.29 is 14.7 Å². The summed E-state index contributed by atoms with van der Waals surface area (Å²) in [5.41, 5.74) is 3.20. The van der Waals surface area contributed by atoms with E-state index in [2.05, 4.69) is 15.1 Å². The number of hydrogen-bond donors (Lipinski definition) is 1. The predicted octanol–water partition coefficient (Wildman–Crippen LogP) is 2.45. The summed E-state index contributed by atoms with van der Waals surface area (Å²) >= 11 is 0. The largest absolute Gasteiger partial charge is 0.507 e. The number of amides is 1. The summed E-state index contributed by atoms with van der Waals surface area (Å²) in [7, 11) is 1.76. The van der Waals surface area contributed by atoms with E-state index < -0.39 is 17.7 Å². The van der Waals surface area contributed by atoms with Gasteiger partial charge in [0.05, 0.1) is 22.9 Å². The van der Waals surface area contributed by atoms with Crippen molar-refractivity contribution in [1.29, 1.82) is 0 Å². The Balaban J connectivity index is 1.90. The van der Waals surface area contributed by atoms with Gasteiger partial charge in [0.25, 0.3) is 11.7 Å². The maximum atomic E-state index is 13.1. The van der Waals surface area contributed by atoms with Crippen molar-refractivity contribution in [1.82, 2.24) is 24.6 Å². The highest BCUT2D eigenvalue weighted by molar-refractivity contribution is 6.46. The van der Waals surface area contributed by atoms with E-state index in [-0.39, 0.29) is 17.9 Å². The Kier molecular flexibility index (Phi) is 4.91.